The highest BCUT2D eigenvalue weighted by molar-refractivity contribution is 9.13. The Hall–Kier alpha value is -0.350. The van der Waals surface area contributed by atoms with Crippen LogP contribution in [0.1, 0.15) is 18.4 Å². The van der Waals surface area contributed by atoms with Crippen molar-refractivity contribution in [2.75, 3.05) is 7.11 Å². The Morgan fingerprint density at radius 2 is 2.07 bits per heavy atom. The van der Waals surface area contributed by atoms with Gasteiger partial charge in [0.2, 0.25) is 0 Å². The summed E-state index contributed by atoms with van der Waals surface area (Å²) in [5, 5.41) is 0. The lowest BCUT2D eigenvalue weighted by Gasteiger charge is -2.12. The first-order valence-corrected chi connectivity index (χ1v) is 5.68. The first kappa shape index (κ1) is 11.7. The van der Waals surface area contributed by atoms with E-state index in [0.717, 1.165) is 14.5 Å². The monoisotopic (exact) mass is 320 g/mol. The summed E-state index contributed by atoms with van der Waals surface area (Å²) in [4.78, 5) is 11.3. The highest BCUT2D eigenvalue weighted by atomic mass is 79.9. The first-order valence-electron chi connectivity index (χ1n) is 4.09. The Bertz CT molecular complexity index is 350. The fraction of sp³-hybridized carbons (Fsp3) is 0.300. The van der Waals surface area contributed by atoms with E-state index in [1.165, 1.54) is 7.11 Å². The van der Waals surface area contributed by atoms with Crippen molar-refractivity contribution in [1.29, 1.82) is 0 Å². The molecule has 0 fully saturated rings. The molecule has 0 heterocycles. The van der Waals surface area contributed by atoms with Gasteiger partial charge in [-0.25, -0.2) is 0 Å². The number of methoxy groups -OCH3 is 1. The van der Waals surface area contributed by atoms with Crippen molar-refractivity contribution >= 4 is 37.8 Å². The molecule has 0 N–H and O–H groups in total. The van der Waals surface area contributed by atoms with Gasteiger partial charge in [0.05, 0.1) is 13.0 Å². The fourth-order valence-corrected chi connectivity index (χ4v) is 2.15. The van der Waals surface area contributed by atoms with Crippen LogP contribution in [0.25, 0.3) is 0 Å². The molecule has 14 heavy (non-hydrogen) atoms. The van der Waals surface area contributed by atoms with Gasteiger partial charge in [-0.3, -0.25) is 4.79 Å². The molecule has 1 aromatic carbocycles. The molecule has 76 valence electrons. The van der Waals surface area contributed by atoms with E-state index in [1.807, 2.05) is 25.1 Å². The average Bonchev–Trinajstić information content (AvgIpc) is 2.20. The van der Waals surface area contributed by atoms with Gasteiger partial charge in [0.25, 0.3) is 0 Å². The summed E-state index contributed by atoms with van der Waals surface area (Å²) in [6.07, 6.45) is 0. The summed E-state index contributed by atoms with van der Waals surface area (Å²) in [5.41, 5.74) is 0.922. The van der Waals surface area contributed by atoms with Crippen LogP contribution in [0.2, 0.25) is 0 Å². The predicted molar refractivity (Wildman–Crippen MR) is 62.3 cm³/mol. The molecule has 0 amide bonds. The Morgan fingerprint density at radius 3 is 2.64 bits per heavy atom. The molecule has 0 aromatic heterocycles. The van der Waals surface area contributed by atoms with Crippen LogP contribution in [0.15, 0.2) is 27.1 Å². The van der Waals surface area contributed by atoms with Crippen LogP contribution in [0, 0.1) is 0 Å². The third kappa shape index (κ3) is 2.36. The molecule has 0 radical (unpaired) electrons. The van der Waals surface area contributed by atoms with Crippen LogP contribution < -0.4 is 0 Å². The first-order chi connectivity index (χ1) is 6.57. The van der Waals surface area contributed by atoms with Crippen LogP contribution in [0.5, 0.6) is 0 Å². The molecule has 1 atom stereocenters. The van der Waals surface area contributed by atoms with E-state index >= 15 is 0 Å². The molecular weight excluding hydrogens is 312 g/mol. The summed E-state index contributed by atoms with van der Waals surface area (Å²) in [6, 6.07) is 5.71. The molecule has 0 saturated carbocycles. The average molecular weight is 322 g/mol. The van der Waals surface area contributed by atoms with Crippen LogP contribution in [0.4, 0.5) is 0 Å². The van der Waals surface area contributed by atoms with Gasteiger partial charge in [-0.1, -0.05) is 12.1 Å². The molecule has 1 unspecified atom stereocenters. The maximum Gasteiger partial charge on any atom is 0.312 e. The zero-order valence-electron chi connectivity index (χ0n) is 7.88. The fourth-order valence-electron chi connectivity index (χ4n) is 1.16. The third-order valence-electron chi connectivity index (χ3n) is 2.00. The van der Waals surface area contributed by atoms with Gasteiger partial charge in [0.1, 0.15) is 0 Å². The highest BCUT2D eigenvalue weighted by Crippen LogP contribution is 2.31. The largest absolute Gasteiger partial charge is 0.469 e. The van der Waals surface area contributed by atoms with Crippen molar-refractivity contribution in [2.45, 2.75) is 12.8 Å². The molecule has 4 heteroatoms. The number of hydrogen-bond donors (Lipinski definition) is 0. The standard InChI is InChI=1S/C10H10Br2O2/c1-6(10(13)14-2)7-4-3-5-8(11)9(7)12/h3-6H,1-2H3. The molecule has 1 rings (SSSR count). The van der Waals surface area contributed by atoms with Gasteiger partial charge in [0.15, 0.2) is 0 Å². The van der Waals surface area contributed by atoms with Gasteiger partial charge < -0.3 is 4.74 Å². The van der Waals surface area contributed by atoms with Crippen molar-refractivity contribution in [3.63, 3.8) is 0 Å². The summed E-state index contributed by atoms with van der Waals surface area (Å²) < 4.78 is 6.52. The molecule has 0 aliphatic heterocycles. The van der Waals surface area contributed by atoms with Gasteiger partial charge in [0, 0.05) is 8.95 Å². The van der Waals surface area contributed by atoms with Gasteiger partial charge in [-0.2, -0.15) is 0 Å². The highest BCUT2D eigenvalue weighted by Gasteiger charge is 2.18. The topological polar surface area (TPSA) is 26.3 Å². The van der Waals surface area contributed by atoms with Crippen molar-refractivity contribution in [3.8, 4) is 0 Å². The minimum absolute atomic E-state index is 0.233. The summed E-state index contributed by atoms with van der Waals surface area (Å²) in [6.45, 7) is 1.82. The van der Waals surface area contributed by atoms with E-state index in [-0.39, 0.29) is 11.9 Å². The van der Waals surface area contributed by atoms with E-state index in [9.17, 15) is 4.79 Å². The Kier molecular flexibility index (Phi) is 4.13. The van der Waals surface area contributed by atoms with Gasteiger partial charge >= 0.3 is 5.97 Å². The van der Waals surface area contributed by atoms with Gasteiger partial charge in [-0.15, -0.1) is 0 Å². The molecule has 0 spiro atoms. The predicted octanol–water partition coefficient (Wildman–Crippen LogP) is 3.49. The Labute approximate surface area is 99.9 Å². The van der Waals surface area contributed by atoms with Crippen LogP contribution in [-0.4, -0.2) is 13.1 Å². The molecular formula is C10H10Br2O2. The number of rotatable bonds is 2. The van der Waals surface area contributed by atoms with E-state index in [4.69, 9.17) is 0 Å². The second-order valence-electron chi connectivity index (χ2n) is 2.89. The lowest BCUT2D eigenvalue weighted by atomic mass is 10.0. The summed E-state index contributed by atoms with van der Waals surface area (Å²) in [7, 11) is 1.39. The van der Waals surface area contributed by atoms with Gasteiger partial charge in [-0.05, 0) is 50.4 Å². The maximum absolute atomic E-state index is 11.3. The quantitative estimate of drug-likeness (QED) is 0.779. The van der Waals surface area contributed by atoms with Crippen molar-refractivity contribution in [1.82, 2.24) is 0 Å². The molecule has 1 aromatic rings. The summed E-state index contributed by atoms with van der Waals surface area (Å²) >= 11 is 6.81. The lowest BCUT2D eigenvalue weighted by molar-refractivity contribution is -0.142. The second-order valence-corrected chi connectivity index (χ2v) is 4.54. The molecule has 0 aliphatic carbocycles. The van der Waals surface area contributed by atoms with Crippen LogP contribution in [-0.2, 0) is 9.53 Å². The zero-order chi connectivity index (χ0) is 10.7. The maximum atomic E-state index is 11.3. The SMILES string of the molecule is COC(=O)C(C)c1cccc(Br)c1Br. The normalized spacial score (nSPS) is 12.3. The smallest absolute Gasteiger partial charge is 0.312 e. The molecule has 0 aliphatic rings. The Balaban J connectivity index is 3.07. The number of carbonyl (C=O) groups is 1. The van der Waals surface area contributed by atoms with E-state index in [0.29, 0.717) is 0 Å². The number of carbonyl (C=O) groups excluding carboxylic acids is 1. The second kappa shape index (κ2) is 4.94. The minimum atomic E-state index is -0.258. The summed E-state index contributed by atoms with van der Waals surface area (Å²) in [5.74, 6) is -0.490. The number of esters is 1. The number of benzene rings is 1. The van der Waals surface area contributed by atoms with Crippen molar-refractivity contribution < 1.29 is 9.53 Å². The Morgan fingerprint density at radius 1 is 1.43 bits per heavy atom. The van der Waals surface area contributed by atoms with E-state index in [1.54, 1.807) is 0 Å². The van der Waals surface area contributed by atoms with E-state index < -0.39 is 0 Å². The molecule has 2 nitrogen and oxygen atoms in total. The van der Waals surface area contributed by atoms with Crippen molar-refractivity contribution in [2.24, 2.45) is 0 Å². The van der Waals surface area contributed by atoms with Crippen LogP contribution >= 0.6 is 31.9 Å². The number of hydrogen-bond acceptors (Lipinski definition) is 2. The lowest BCUT2D eigenvalue weighted by Crippen LogP contribution is -2.11. The molecule has 0 saturated heterocycles. The number of ether oxygens (including phenoxy) is 1. The number of halogens is 2. The van der Waals surface area contributed by atoms with E-state index in [2.05, 4.69) is 36.6 Å². The minimum Gasteiger partial charge on any atom is -0.469 e. The van der Waals surface area contributed by atoms with Crippen LogP contribution in [0.3, 0.4) is 0 Å². The third-order valence-corrected chi connectivity index (χ3v) is 4.08. The zero-order valence-corrected chi connectivity index (χ0v) is 11.1. The van der Waals surface area contributed by atoms with Crippen molar-refractivity contribution in [3.05, 3.63) is 32.7 Å². The molecule has 0 bridgehead atoms.